The maximum atomic E-state index is 12.7. The maximum absolute atomic E-state index is 12.7. The zero-order valence-electron chi connectivity index (χ0n) is 16.5. The Hall–Kier alpha value is -3.72. The number of aromatic nitrogens is 5. The van der Waals surface area contributed by atoms with Crippen LogP contribution in [0.25, 0.3) is 22.7 Å². The predicted octanol–water partition coefficient (Wildman–Crippen LogP) is 2.45. The lowest BCUT2D eigenvalue weighted by Gasteiger charge is -2.27. The number of ether oxygens (including phenoxy) is 1. The Kier molecular flexibility index (Phi) is 4.64. The first-order valence-corrected chi connectivity index (χ1v) is 9.75. The van der Waals surface area contributed by atoms with Crippen LogP contribution in [0.2, 0.25) is 0 Å². The molecule has 0 unspecified atom stereocenters. The average molecular weight is 403 g/mol. The van der Waals surface area contributed by atoms with Crippen LogP contribution >= 0.6 is 0 Å². The summed E-state index contributed by atoms with van der Waals surface area (Å²) >= 11 is 0. The van der Waals surface area contributed by atoms with Crippen molar-refractivity contribution in [2.75, 3.05) is 36.5 Å². The van der Waals surface area contributed by atoms with Crippen LogP contribution in [0, 0.1) is 0 Å². The molecule has 0 spiro atoms. The lowest BCUT2D eigenvalue weighted by molar-refractivity contribution is 0.102. The summed E-state index contributed by atoms with van der Waals surface area (Å²) < 4.78 is 7.26. The Morgan fingerprint density at radius 2 is 2.03 bits per heavy atom. The van der Waals surface area contributed by atoms with Gasteiger partial charge in [-0.3, -0.25) is 4.79 Å². The molecule has 0 radical (unpaired) electrons. The van der Waals surface area contributed by atoms with E-state index in [4.69, 9.17) is 4.74 Å². The van der Waals surface area contributed by atoms with Gasteiger partial charge in [-0.25, -0.2) is 15.0 Å². The summed E-state index contributed by atoms with van der Waals surface area (Å²) in [6.07, 6.45) is 5.20. The molecule has 1 saturated heterocycles. The third-order valence-corrected chi connectivity index (χ3v) is 5.12. The van der Waals surface area contributed by atoms with Crippen molar-refractivity contribution in [3.05, 3.63) is 54.5 Å². The molecule has 0 bridgehead atoms. The van der Waals surface area contributed by atoms with Crippen LogP contribution in [0.4, 0.5) is 11.5 Å². The lowest BCUT2D eigenvalue weighted by atomic mass is 10.2. The topological polar surface area (TPSA) is 101 Å². The molecule has 4 aromatic rings. The molecule has 9 heteroatoms. The van der Waals surface area contributed by atoms with Gasteiger partial charge in [0.2, 0.25) is 0 Å². The highest BCUT2D eigenvalue weighted by atomic mass is 16.5. The fourth-order valence-electron chi connectivity index (χ4n) is 3.49. The molecule has 0 aliphatic carbocycles. The van der Waals surface area contributed by atoms with Crippen molar-refractivity contribution in [2.45, 2.75) is 0 Å². The van der Waals surface area contributed by atoms with Gasteiger partial charge in [0.05, 0.1) is 29.8 Å². The number of amides is 1. The minimum absolute atomic E-state index is 0.209. The number of anilines is 2. The molecule has 0 atom stereocenters. The van der Waals surface area contributed by atoms with Gasteiger partial charge >= 0.3 is 0 Å². The van der Waals surface area contributed by atoms with Crippen LogP contribution in [0.3, 0.4) is 0 Å². The smallest absolute Gasteiger partial charge is 0.257 e. The van der Waals surface area contributed by atoms with E-state index >= 15 is 0 Å². The summed E-state index contributed by atoms with van der Waals surface area (Å²) in [5.74, 6) is 2.09. The summed E-state index contributed by atoms with van der Waals surface area (Å²) in [7, 11) is 1.92. The molecule has 3 aromatic heterocycles. The number of imidazole rings is 2. The van der Waals surface area contributed by atoms with Crippen LogP contribution < -0.4 is 10.2 Å². The number of carbonyl (C=O) groups is 1. The fraction of sp³-hybridized carbons (Fsp3) is 0.238. The quantitative estimate of drug-likeness (QED) is 0.543. The van der Waals surface area contributed by atoms with Crippen LogP contribution in [0.15, 0.2) is 48.9 Å². The van der Waals surface area contributed by atoms with Crippen molar-refractivity contribution in [3.63, 3.8) is 0 Å². The predicted molar refractivity (Wildman–Crippen MR) is 114 cm³/mol. The minimum atomic E-state index is -0.209. The molecule has 4 heterocycles. The van der Waals surface area contributed by atoms with Crippen molar-refractivity contribution in [1.29, 1.82) is 0 Å². The number of hydrogen-bond donors (Lipinski definition) is 2. The zero-order chi connectivity index (χ0) is 20.5. The van der Waals surface area contributed by atoms with Crippen molar-refractivity contribution in [2.24, 2.45) is 7.05 Å². The molecule has 1 aliphatic heterocycles. The number of aryl methyl sites for hydroxylation is 1. The molecular weight excluding hydrogens is 382 g/mol. The summed E-state index contributed by atoms with van der Waals surface area (Å²) in [5, 5.41) is 2.92. The molecule has 2 N–H and O–H groups in total. The van der Waals surface area contributed by atoms with E-state index in [9.17, 15) is 4.79 Å². The first kappa shape index (κ1) is 18.3. The Morgan fingerprint density at radius 1 is 1.17 bits per heavy atom. The summed E-state index contributed by atoms with van der Waals surface area (Å²) in [6.45, 7) is 3.01. The van der Waals surface area contributed by atoms with Crippen LogP contribution in [-0.4, -0.2) is 56.7 Å². The largest absolute Gasteiger partial charge is 0.378 e. The number of benzene rings is 1. The fourth-order valence-corrected chi connectivity index (χ4v) is 3.49. The normalized spacial score (nSPS) is 14.2. The van der Waals surface area contributed by atoms with Crippen LogP contribution in [-0.2, 0) is 11.8 Å². The Bertz CT molecular complexity index is 1190. The summed E-state index contributed by atoms with van der Waals surface area (Å²) in [5.41, 5.74) is 2.82. The molecular formula is C21H21N7O2. The van der Waals surface area contributed by atoms with E-state index in [1.807, 2.05) is 42.1 Å². The number of aromatic amines is 1. The average Bonchev–Trinajstić information content (AvgIpc) is 3.39. The third-order valence-electron chi connectivity index (χ3n) is 5.12. The van der Waals surface area contributed by atoms with E-state index in [1.165, 1.54) is 0 Å². The molecule has 1 fully saturated rings. The van der Waals surface area contributed by atoms with Gasteiger partial charge in [-0.1, -0.05) is 0 Å². The van der Waals surface area contributed by atoms with E-state index in [0.717, 1.165) is 35.8 Å². The number of hydrogen-bond acceptors (Lipinski definition) is 6. The summed E-state index contributed by atoms with van der Waals surface area (Å²) in [6, 6.07) is 9.23. The standard InChI is InChI=1S/C21H21N7O2/c1-27-7-6-22-20(27)19-25-16-4-3-15(12-17(16)26-19)24-21(29)14-2-5-18(23-13-14)28-8-10-30-11-9-28/h2-7,12-13H,8-11H2,1H3,(H,24,29)(H,25,26). The van der Waals surface area contributed by atoms with Gasteiger partial charge in [-0.15, -0.1) is 0 Å². The van der Waals surface area contributed by atoms with Crippen LogP contribution in [0.1, 0.15) is 10.4 Å². The van der Waals surface area contributed by atoms with E-state index in [-0.39, 0.29) is 5.91 Å². The molecule has 1 aromatic carbocycles. The van der Waals surface area contributed by atoms with Gasteiger partial charge in [0, 0.05) is 44.4 Å². The highest BCUT2D eigenvalue weighted by Crippen LogP contribution is 2.22. The van der Waals surface area contributed by atoms with E-state index in [2.05, 4.69) is 30.2 Å². The van der Waals surface area contributed by atoms with Gasteiger partial charge in [0.1, 0.15) is 5.82 Å². The number of carbonyl (C=O) groups excluding carboxylic acids is 1. The maximum Gasteiger partial charge on any atom is 0.257 e. The number of fused-ring (bicyclic) bond motifs is 1. The van der Waals surface area contributed by atoms with Crippen molar-refractivity contribution in [3.8, 4) is 11.6 Å². The molecule has 1 aliphatic rings. The number of rotatable bonds is 4. The summed E-state index contributed by atoms with van der Waals surface area (Å²) in [4.78, 5) is 31.4. The Morgan fingerprint density at radius 3 is 2.77 bits per heavy atom. The van der Waals surface area contributed by atoms with Crippen molar-refractivity contribution < 1.29 is 9.53 Å². The van der Waals surface area contributed by atoms with E-state index < -0.39 is 0 Å². The van der Waals surface area contributed by atoms with Crippen molar-refractivity contribution >= 4 is 28.4 Å². The van der Waals surface area contributed by atoms with Gasteiger partial charge in [0.25, 0.3) is 5.91 Å². The molecule has 152 valence electrons. The van der Waals surface area contributed by atoms with Crippen LogP contribution in [0.5, 0.6) is 0 Å². The second-order valence-electron chi connectivity index (χ2n) is 7.14. The number of nitrogens with one attached hydrogen (secondary N) is 2. The second kappa shape index (κ2) is 7.60. The number of H-pyrrole nitrogens is 1. The Balaban J connectivity index is 1.32. The van der Waals surface area contributed by atoms with E-state index in [1.54, 1.807) is 18.5 Å². The van der Waals surface area contributed by atoms with Gasteiger partial charge in [0.15, 0.2) is 11.6 Å². The number of nitrogens with zero attached hydrogens (tertiary/aromatic N) is 5. The lowest BCUT2D eigenvalue weighted by Crippen LogP contribution is -2.36. The molecule has 0 saturated carbocycles. The number of pyridine rings is 1. The second-order valence-corrected chi connectivity index (χ2v) is 7.14. The van der Waals surface area contributed by atoms with Gasteiger partial charge < -0.3 is 24.5 Å². The van der Waals surface area contributed by atoms with Gasteiger partial charge in [-0.2, -0.15) is 0 Å². The first-order valence-electron chi connectivity index (χ1n) is 9.75. The SMILES string of the molecule is Cn1ccnc1-c1nc2ccc(NC(=O)c3ccc(N4CCOCC4)nc3)cc2[nH]1. The Labute approximate surface area is 172 Å². The zero-order valence-corrected chi connectivity index (χ0v) is 16.5. The minimum Gasteiger partial charge on any atom is -0.378 e. The third kappa shape index (κ3) is 3.50. The number of morpholine rings is 1. The van der Waals surface area contributed by atoms with E-state index in [0.29, 0.717) is 30.3 Å². The monoisotopic (exact) mass is 403 g/mol. The highest BCUT2D eigenvalue weighted by Gasteiger charge is 2.14. The highest BCUT2D eigenvalue weighted by molar-refractivity contribution is 6.04. The first-order chi connectivity index (χ1) is 14.7. The molecule has 1 amide bonds. The molecule has 9 nitrogen and oxygen atoms in total. The molecule has 30 heavy (non-hydrogen) atoms. The van der Waals surface area contributed by atoms with Crippen molar-refractivity contribution in [1.82, 2.24) is 24.5 Å². The molecule has 5 rings (SSSR count). The van der Waals surface area contributed by atoms with Gasteiger partial charge in [-0.05, 0) is 30.3 Å².